The summed E-state index contributed by atoms with van der Waals surface area (Å²) in [5.74, 6) is 1.56. The van der Waals surface area contributed by atoms with Gasteiger partial charge in [0.1, 0.15) is 5.75 Å². The molecule has 0 saturated carbocycles. The molecule has 18 heavy (non-hydrogen) atoms. The zero-order valence-electron chi connectivity index (χ0n) is 10.8. The lowest BCUT2D eigenvalue weighted by molar-refractivity contribution is 0.415. The van der Waals surface area contributed by atoms with Crippen molar-refractivity contribution in [2.75, 3.05) is 24.8 Å². The molecule has 2 N–H and O–H groups in total. The zero-order valence-corrected chi connectivity index (χ0v) is 10.8. The van der Waals surface area contributed by atoms with Crippen LogP contribution in [0.4, 0.5) is 17.2 Å². The Morgan fingerprint density at radius 3 is 2.78 bits per heavy atom. The lowest BCUT2D eigenvalue weighted by atomic mass is 10.2. The third-order valence-electron chi connectivity index (χ3n) is 2.95. The number of ether oxygens (including phenoxy) is 1. The van der Waals surface area contributed by atoms with E-state index >= 15 is 0 Å². The number of aromatic nitrogens is 1. The standard InChI is InChI=1S/C14H17N3O/c1-10-7-8-16-14(13(10)15)17(2)11-5-4-6-12(9-11)18-3/h4-9H,15H2,1-3H3. The van der Waals surface area contributed by atoms with Crippen LogP contribution < -0.4 is 15.4 Å². The van der Waals surface area contributed by atoms with Crippen LogP contribution in [0.3, 0.4) is 0 Å². The molecule has 2 aromatic rings. The Balaban J connectivity index is 2.41. The summed E-state index contributed by atoms with van der Waals surface area (Å²) in [5.41, 5.74) is 8.76. The van der Waals surface area contributed by atoms with Crippen LogP contribution in [-0.2, 0) is 0 Å². The molecule has 4 heteroatoms. The van der Waals surface area contributed by atoms with Gasteiger partial charge in [0, 0.05) is 25.0 Å². The molecule has 1 aromatic carbocycles. The highest BCUT2D eigenvalue weighted by Gasteiger charge is 2.10. The van der Waals surface area contributed by atoms with Gasteiger partial charge in [0.25, 0.3) is 0 Å². The number of nitrogens with two attached hydrogens (primary N) is 1. The molecule has 0 amide bonds. The maximum atomic E-state index is 6.06. The molecular weight excluding hydrogens is 226 g/mol. The fourth-order valence-corrected chi connectivity index (χ4v) is 1.76. The van der Waals surface area contributed by atoms with Crippen LogP contribution in [0.2, 0.25) is 0 Å². The van der Waals surface area contributed by atoms with Crippen molar-refractivity contribution < 1.29 is 4.74 Å². The molecule has 0 aliphatic rings. The largest absolute Gasteiger partial charge is 0.497 e. The number of benzene rings is 1. The highest BCUT2D eigenvalue weighted by atomic mass is 16.5. The Kier molecular flexibility index (Phi) is 3.37. The Morgan fingerprint density at radius 2 is 2.06 bits per heavy atom. The van der Waals surface area contributed by atoms with Gasteiger partial charge < -0.3 is 15.4 Å². The van der Waals surface area contributed by atoms with Gasteiger partial charge in [-0.25, -0.2) is 4.98 Å². The van der Waals surface area contributed by atoms with E-state index in [1.807, 2.05) is 49.2 Å². The van der Waals surface area contributed by atoms with Crippen LogP contribution in [0.1, 0.15) is 5.56 Å². The molecule has 0 unspecified atom stereocenters. The fraction of sp³-hybridized carbons (Fsp3) is 0.214. The summed E-state index contributed by atoms with van der Waals surface area (Å²) in [4.78, 5) is 6.28. The average Bonchev–Trinajstić information content (AvgIpc) is 2.41. The average molecular weight is 243 g/mol. The normalized spacial score (nSPS) is 10.2. The first-order chi connectivity index (χ1) is 8.63. The maximum Gasteiger partial charge on any atom is 0.156 e. The quantitative estimate of drug-likeness (QED) is 0.900. The van der Waals surface area contributed by atoms with Gasteiger partial charge in [-0.2, -0.15) is 0 Å². The number of anilines is 3. The lowest BCUT2D eigenvalue weighted by Crippen LogP contribution is -2.14. The van der Waals surface area contributed by atoms with E-state index in [2.05, 4.69) is 4.98 Å². The van der Waals surface area contributed by atoms with Crippen LogP contribution in [0.15, 0.2) is 36.5 Å². The van der Waals surface area contributed by atoms with Gasteiger partial charge in [0.2, 0.25) is 0 Å². The van der Waals surface area contributed by atoms with Crippen LogP contribution in [0.5, 0.6) is 5.75 Å². The van der Waals surface area contributed by atoms with E-state index in [9.17, 15) is 0 Å². The van der Waals surface area contributed by atoms with E-state index in [0.717, 1.165) is 22.8 Å². The summed E-state index contributed by atoms with van der Waals surface area (Å²) < 4.78 is 5.22. The van der Waals surface area contributed by atoms with Gasteiger partial charge in [-0.05, 0) is 30.7 Å². The molecule has 0 aliphatic heterocycles. The molecule has 4 nitrogen and oxygen atoms in total. The van der Waals surface area contributed by atoms with E-state index in [0.29, 0.717) is 5.69 Å². The fourth-order valence-electron chi connectivity index (χ4n) is 1.76. The molecule has 2 rings (SSSR count). The van der Waals surface area contributed by atoms with Crippen LogP contribution in [-0.4, -0.2) is 19.1 Å². The number of nitrogens with zero attached hydrogens (tertiary/aromatic N) is 2. The third kappa shape index (κ3) is 2.22. The molecule has 0 bridgehead atoms. The highest BCUT2D eigenvalue weighted by Crippen LogP contribution is 2.30. The van der Waals surface area contributed by atoms with Crippen molar-refractivity contribution in [1.82, 2.24) is 4.98 Å². The number of nitrogen functional groups attached to an aromatic ring is 1. The summed E-state index contributed by atoms with van der Waals surface area (Å²) in [6, 6.07) is 9.69. The summed E-state index contributed by atoms with van der Waals surface area (Å²) in [7, 11) is 3.59. The van der Waals surface area contributed by atoms with Crippen molar-refractivity contribution in [3.8, 4) is 5.75 Å². The van der Waals surface area contributed by atoms with Gasteiger partial charge in [-0.1, -0.05) is 6.07 Å². The van der Waals surface area contributed by atoms with Crippen molar-refractivity contribution in [1.29, 1.82) is 0 Å². The first-order valence-corrected chi connectivity index (χ1v) is 5.72. The SMILES string of the molecule is COc1cccc(N(C)c2nccc(C)c2N)c1. The minimum atomic E-state index is 0.697. The molecule has 0 spiro atoms. The maximum absolute atomic E-state index is 6.06. The van der Waals surface area contributed by atoms with E-state index in [4.69, 9.17) is 10.5 Å². The number of rotatable bonds is 3. The van der Waals surface area contributed by atoms with Gasteiger partial charge in [-0.3, -0.25) is 0 Å². The predicted octanol–water partition coefficient (Wildman–Crippen LogP) is 2.75. The Bertz CT molecular complexity index is 554. The molecule has 1 heterocycles. The monoisotopic (exact) mass is 243 g/mol. The molecule has 0 radical (unpaired) electrons. The Hall–Kier alpha value is -2.23. The summed E-state index contributed by atoms with van der Waals surface area (Å²) >= 11 is 0. The number of hydrogen-bond donors (Lipinski definition) is 1. The minimum absolute atomic E-state index is 0.697. The Labute approximate surface area is 107 Å². The first kappa shape index (κ1) is 12.2. The molecule has 94 valence electrons. The van der Waals surface area contributed by atoms with E-state index in [1.54, 1.807) is 13.3 Å². The molecule has 0 saturated heterocycles. The summed E-state index contributed by atoms with van der Waals surface area (Å²) in [6.45, 7) is 1.97. The molecule has 1 aromatic heterocycles. The van der Waals surface area contributed by atoms with Crippen molar-refractivity contribution in [3.05, 3.63) is 42.1 Å². The summed E-state index contributed by atoms with van der Waals surface area (Å²) in [6.07, 6.45) is 1.76. The van der Waals surface area contributed by atoms with E-state index in [-0.39, 0.29) is 0 Å². The zero-order chi connectivity index (χ0) is 13.1. The number of aryl methyl sites for hydroxylation is 1. The molecule has 0 aliphatic carbocycles. The number of hydrogen-bond acceptors (Lipinski definition) is 4. The van der Waals surface area contributed by atoms with Gasteiger partial charge >= 0.3 is 0 Å². The van der Waals surface area contributed by atoms with Crippen molar-refractivity contribution in [3.63, 3.8) is 0 Å². The first-order valence-electron chi connectivity index (χ1n) is 5.72. The van der Waals surface area contributed by atoms with Crippen LogP contribution in [0.25, 0.3) is 0 Å². The van der Waals surface area contributed by atoms with Gasteiger partial charge in [0.15, 0.2) is 5.82 Å². The number of pyridine rings is 1. The van der Waals surface area contributed by atoms with E-state index in [1.165, 1.54) is 0 Å². The smallest absolute Gasteiger partial charge is 0.156 e. The number of methoxy groups -OCH3 is 1. The predicted molar refractivity (Wildman–Crippen MR) is 74.4 cm³/mol. The second kappa shape index (κ2) is 4.96. The Morgan fingerprint density at radius 1 is 1.28 bits per heavy atom. The second-order valence-electron chi connectivity index (χ2n) is 4.13. The minimum Gasteiger partial charge on any atom is -0.497 e. The van der Waals surface area contributed by atoms with Gasteiger partial charge in [-0.15, -0.1) is 0 Å². The third-order valence-corrected chi connectivity index (χ3v) is 2.95. The molecule has 0 fully saturated rings. The summed E-state index contributed by atoms with van der Waals surface area (Å²) in [5, 5.41) is 0. The van der Waals surface area contributed by atoms with E-state index < -0.39 is 0 Å². The van der Waals surface area contributed by atoms with Crippen molar-refractivity contribution in [2.24, 2.45) is 0 Å². The molecule has 0 atom stereocenters. The molecular formula is C14H17N3O. The van der Waals surface area contributed by atoms with Crippen molar-refractivity contribution >= 4 is 17.2 Å². The second-order valence-corrected chi connectivity index (χ2v) is 4.13. The van der Waals surface area contributed by atoms with Crippen LogP contribution in [0, 0.1) is 6.92 Å². The highest BCUT2D eigenvalue weighted by molar-refractivity contribution is 5.73. The van der Waals surface area contributed by atoms with Crippen LogP contribution >= 0.6 is 0 Å². The van der Waals surface area contributed by atoms with Crippen molar-refractivity contribution in [2.45, 2.75) is 6.92 Å². The van der Waals surface area contributed by atoms with Gasteiger partial charge in [0.05, 0.1) is 12.8 Å². The topological polar surface area (TPSA) is 51.4 Å². The lowest BCUT2D eigenvalue weighted by Gasteiger charge is -2.21.